The van der Waals surface area contributed by atoms with Gasteiger partial charge in [-0.3, -0.25) is 4.79 Å². The molecule has 2 aliphatic heterocycles. The van der Waals surface area contributed by atoms with E-state index in [4.69, 9.17) is 4.42 Å². The predicted molar refractivity (Wildman–Crippen MR) is 124 cm³/mol. The SMILES string of the molecule is O=C(Cc1cc2cc(-c3cnco3)ccc2nn1)c1ccnc(N2CCC3(CC2)CNC3)c1. The number of Topliss-reactive ketones (excluding diaryl/α,β-unsaturated/α-hetero) is 1. The van der Waals surface area contributed by atoms with Crippen LogP contribution >= 0.6 is 0 Å². The van der Waals surface area contributed by atoms with Gasteiger partial charge in [0.05, 0.1) is 23.8 Å². The van der Waals surface area contributed by atoms with Crippen molar-refractivity contribution in [3.05, 3.63) is 66.4 Å². The van der Waals surface area contributed by atoms with Crippen LogP contribution in [0.5, 0.6) is 0 Å². The number of benzene rings is 1. The Hall–Kier alpha value is -3.65. The Balaban J connectivity index is 1.19. The number of oxazole rings is 1. The number of carbonyl (C=O) groups excluding carboxylic acids is 1. The normalized spacial score (nSPS) is 17.3. The van der Waals surface area contributed by atoms with Gasteiger partial charge in [0.1, 0.15) is 5.82 Å². The van der Waals surface area contributed by atoms with Gasteiger partial charge in [0, 0.05) is 48.9 Å². The molecule has 2 fully saturated rings. The molecule has 2 aliphatic rings. The van der Waals surface area contributed by atoms with E-state index in [1.54, 1.807) is 18.5 Å². The lowest BCUT2D eigenvalue weighted by Gasteiger charge is -2.48. The summed E-state index contributed by atoms with van der Waals surface area (Å²) in [6.07, 6.45) is 7.34. The number of carbonyl (C=O) groups is 1. The van der Waals surface area contributed by atoms with E-state index in [2.05, 4.69) is 30.4 Å². The Morgan fingerprint density at radius 3 is 2.73 bits per heavy atom. The summed E-state index contributed by atoms with van der Waals surface area (Å²) in [6.45, 7) is 4.21. The molecule has 0 unspecified atom stereocenters. The molecule has 8 nitrogen and oxygen atoms in total. The van der Waals surface area contributed by atoms with Crippen LogP contribution in [-0.4, -0.2) is 52.1 Å². The van der Waals surface area contributed by atoms with E-state index < -0.39 is 0 Å². The maximum Gasteiger partial charge on any atom is 0.181 e. The van der Waals surface area contributed by atoms with Gasteiger partial charge >= 0.3 is 0 Å². The van der Waals surface area contributed by atoms with E-state index >= 15 is 0 Å². The molecule has 33 heavy (non-hydrogen) atoms. The number of aromatic nitrogens is 4. The van der Waals surface area contributed by atoms with Gasteiger partial charge in [0.25, 0.3) is 0 Å². The quantitative estimate of drug-likeness (QED) is 0.472. The van der Waals surface area contributed by atoms with Crippen molar-refractivity contribution < 1.29 is 9.21 Å². The predicted octanol–water partition coefficient (Wildman–Crippen LogP) is 3.30. The van der Waals surface area contributed by atoms with Crippen molar-refractivity contribution in [2.24, 2.45) is 5.41 Å². The number of ketones is 1. The summed E-state index contributed by atoms with van der Waals surface area (Å²) in [5, 5.41) is 12.9. The highest BCUT2D eigenvalue weighted by Crippen LogP contribution is 2.36. The maximum absolute atomic E-state index is 13.1. The second kappa shape index (κ2) is 8.04. The number of hydrogen-bond donors (Lipinski definition) is 1. The fraction of sp³-hybridized carbons (Fsp3) is 0.320. The lowest BCUT2D eigenvalue weighted by atomic mass is 9.73. The van der Waals surface area contributed by atoms with Crippen LogP contribution < -0.4 is 10.2 Å². The van der Waals surface area contributed by atoms with Crippen LogP contribution in [-0.2, 0) is 6.42 Å². The third kappa shape index (κ3) is 3.87. The molecule has 166 valence electrons. The first-order chi connectivity index (χ1) is 16.2. The zero-order chi connectivity index (χ0) is 22.3. The van der Waals surface area contributed by atoms with Crippen LogP contribution in [0.15, 0.2) is 59.6 Å². The average molecular weight is 441 g/mol. The first kappa shape index (κ1) is 20.0. The summed E-state index contributed by atoms with van der Waals surface area (Å²) < 4.78 is 5.39. The van der Waals surface area contributed by atoms with Gasteiger partial charge in [0.2, 0.25) is 0 Å². The molecule has 1 N–H and O–H groups in total. The molecular weight excluding hydrogens is 416 g/mol. The Kier molecular flexibility index (Phi) is 4.87. The lowest BCUT2D eigenvalue weighted by molar-refractivity contribution is 0.0991. The molecule has 0 bridgehead atoms. The summed E-state index contributed by atoms with van der Waals surface area (Å²) >= 11 is 0. The van der Waals surface area contributed by atoms with Gasteiger partial charge in [-0.15, -0.1) is 0 Å². The molecule has 8 heteroatoms. The van der Waals surface area contributed by atoms with Crippen molar-refractivity contribution in [3.63, 3.8) is 0 Å². The molecule has 0 atom stereocenters. The van der Waals surface area contributed by atoms with Crippen molar-refractivity contribution in [2.75, 3.05) is 31.1 Å². The van der Waals surface area contributed by atoms with Gasteiger partial charge < -0.3 is 14.6 Å². The molecule has 1 aromatic carbocycles. The molecule has 0 saturated carbocycles. The monoisotopic (exact) mass is 440 g/mol. The van der Waals surface area contributed by atoms with Crippen molar-refractivity contribution in [2.45, 2.75) is 19.3 Å². The summed E-state index contributed by atoms with van der Waals surface area (Å²) in [5.41, 5.74) is 3.45. The Bertz CT molecular complexity index is 1310. The molecule has 0 radical (unpaired) electrons. The van der Waals surface area contributed by atoms with E-state index in [1.807, 2.05) is 30.3 Å². The number of rotatable bonds is 5. The summed E-state index contributed by atoms with van der Waals surface area (Å²) in [7, 11) is 0. The van der Waals surface area contributed by atoms with Crippen molar-refractivity contribution >= 4 is 22.5 Å². The molecule has 0 amide bonds. The zero-order valence-electron chi connectivity index (χ0n) is 18.2. The van der Waals surface area contributed by atoms with E-state index in [0.717, 1.165) is 48.5 Å². The molecule has 0 aliphatic carbocycles. The first-order valence-corrected chi connectivity index (χ1v) is 11.3. The van der Waals surface area contributed by atoms with E-state index in [9.17, 15) is 4.79 Å². The topological polar surface area (TPSA) is 97.0 Å². The van der Waals surface area contributed by atoms with Gasteiger partial charge in [-0.05, 0) is 54.7 Å². The molecule has 5 heterocycles. The van der Waals surface area contributed by atoms with E-state index in [-0.39, 0.29) is 12.2 Å². The molecule has 2 saturated heterocycles. The van der Waals surface area contributed by atoms with Gasteiger partial charge in [-0.2, -0.15) is 10.2 Å². The number of pyridine rings is 1. The number of hydrogen-bond acceptors (Lipinski definition) is 8. The third-order valence-electron chi connectivity index (χ3n) is 6.91. The lowest BCUT2D eigenvalue weighted by Crippen LogP contribution is -2.58. The summed E-state index contributed by atoms with van der Waals surface area (Å²) in [6, 6.07) is 11.4. The standard InChI is InChI=1S/C25H24N6O2/c32-22(17-3-6-28-24(11-17)31-7-4-25(5-8-31)14-27-15-25)12-20-10-19-9-18(23-13-26-16-33-23)1-2-21(19)30-29-20/h1-3,6,9-11,13,16,27H,4-5,7-8,12,14-15H2. The number of anilines is 1. The number of nitrogens with zero attached hydrogens (tertiary/aromatic N) is 5. The Morgan fingerprint density at radius 2 is 1.97 bits per heavy atom. The van der Waals surface area contributed by atoms with Crippen molar-refractivity contribution in [1.29, 1.82) is 0 Å². The highest BCUT2D eigenvalue weighted by Gasteiger charge is 2.39. The van der Waals surface area contributed by atoms with Gasteiger partial charge in [-0.1, -0.05) is 0 Å². The van der Waals surface area contributed by atoms with Crippen LogP contribution in [0.4, 0.5) is 5.82 Å². The second-order valence-electron chi connectivity index (χ2n) is 9.07. The first-order valence-electron chi connectivity index (χ1n) is 11.3. The van der Waals surface area contributed by atoms with E-state index in [0.29, 0.717) is 22.4 Å². The zero-order valence-corrected chi connectivity index (χ0v) is 18.2. The summed E-state index contributed by atoms with van der Waals surface area (Å²) in [5.74, 6) is 1.58. The summed E-state index contributed by atoms with van der Waals surface area (Å²) in [4.78, 5) is 23.9. The van der Waals surface area contributed by atoms with Crippen LogP contribution in [0, 0.1) is 5.41 Å². The van der Waals surface area contributed by atoms with Crippen molar-refractivity contribution in [1.82, 2.24) is 25.5 Å². The largest absolute Gasteiger partial charge is 0.444 e. The molecule has 4 aromatic rings. The van der Waals surface area contributed by atoms with Crippen LogP contribution in [0.1, 0.15) is 28.9 Å². The van der Waals surface area contributed by atoms with E-state index in [1.165, 1.54) is 19.2 Å². The van der Waals surface area contributed by atoms with Crippen LogP contribution in [0.3, 0.4) is 0 Å². The minimum Gasteiger partial charge on any atom is -0.444 e. The molecular formula is C25H24N6O2. The fourth-order valence-electron chi connectivity index (χ4n) is 4.76. The Labute approximate surface area is 191 Å². The average Bonchev–Trinajstić information content (AvgIpc) is 3.38. The highest BCUT2D eigenvalue weighted by molar-refractivity contribution is 5.98. The number of nitrogens with one attached hydrogen (secondary N) is 1. The van der Waals surface area contributed by atoms with Gasteiger partial charge in [-0.25, -0.2) is 9.97 Å². The fourth-order valence-corrected chi connectivity index (χ4v) is 4.76. The molecule has 1 spiro atoms. The number of fused-ring (bicyclic) bond motifs is 1. The minimum absolute atomic E-state index is 0.00959. The molecule has 3 aromatic heterocycles. The molecule has 6 rings (SSSR count). The maximum atomic E-state index is 13.1. The smallest absolute Gasteiger partial charge is 0.181 e. The highest BCUT2D eigenvalue weighted by atomic mass is 16.3. The van der Waals surface area contributed by atoms with Crippen LogP contribution in [0.2, 0.25) is 0 Å². The Morgan fingerprint density at radius 1 is 1.09 bits per heavy atom. The third-order valence-corrected chi connectivity index (χ3v) is 6.91. The van der Waals surface area contributed by atoms with Gasteiger partial charge in [0.15, 0.2) is 17.9 Å². The van der Waals surface area contributed by atoms with Crippen LogP contribution in [0.25, 0.3) is 22.2 Å². The van der Waals surface area contributed by atoms with Crippen molar-refractivity contribution in [3.8, 4) is 11.3 Å². The minimum atomic E-state index is 0.00959. The number of piperidine rings is 1. The second-order valence-corrected chi connectivity index (χ2v) is 9.07.